The third kappa shape index (κ3) is 3.77. The maximum Gasteiger partial charge on any atom is 0.321 e. The number of amides is 2. The van der Waals surface area contributed by atoms with Gasteiger partial charge in [-0.1, -0.05) is 18.2 Å². The van der Waals surface area contributed by atoms with Gasteiger partial charge in [-0.2, -0.15) is 0 Å². The number of carbonyl (C=O) groups is 1. The lowest BCUT2D eigenvalue weighted by molar-refractivity contribution is 0.214. The first kappa shape index (κ1) is 20.1. The molecule has 7 nitrogen and oxygen atoms in total. The number of urea groups is 1. The van der Waals surface area contributed by atoms with Gasteiger partial charge in [0, 0.05) is 55.4 Å². The topological polar surface area (TPSA) is 72.3 Å². The van der Waals surface area contributed by atoms with Crippen molar-refractivity contribution in [1.82, 2.24) is 19.4 Å². The van der Waals surface area contributed by atoms with Crippen LogP contribution in [0.5, 0.6) is 11.6 Å². The number of rotatable bonds is 3. The van der Waals surface area contributed by atoms with Crippen molar-refractivity contribution in [1.29, 1.82) is 0 Å². The van der Waals surface area contributed by atoms with Gasteiger partial charge in [0.2, 0.25) is 5.88 Å². The molecule has 7 heteroatoms. The number of pyridine rings is 2. The number of hydrogen-bond acceptors (Lipinski definition) is 4. The summed E-state index contributed by atoms with van der Waals surface area (Å²) in [4.78, 5) is 23.3. The smallest absolute Gasteiger partial charge is 0.321 e. The molecule has 5 rings (SSSR count). The van der Waals surface area contributed by atoms with Gasteiger partial charge in [0.1, 0.15) is 0 Å². The van der Waals surface area contributed by atoms with E-state index in [-0.39, 0.29) is 6.03 Å². The number of nitrogens with zero attached hydrogens (tertiary/aromatic N) is 4. The molecule has 0 aliphatic carbocycles. The fraction of sp³-hybridized carbons (Fsp3) is 0.240. The molecule has 0 fully saturated rings. The number of anilines is 1. The summed E-state index contributed by atoms with van der Waals surface area (Å²) < 4.78 is 8.04. The molecule has 1 aliphatic heterocycles. The molecular weight excluding hydrogens is 402 g/mol. The Balaban J connectivity index is 1.24. The molecule has 2 amide bonds. The largest absolute Gasteiger partial charge is 0.437 e. The number of ether oxygens (including phenoxy) is 1. The summed E-state index contributed by atoms with van der Waals surface area (Å²) in [7, 11) is 2.11. The van der Waals surface area contributed by atoms with E-state index in [2.05, 4.69) is 51.2 Å². The normalized spacial score (nSPS) is 13.5. The number of para-hydroxylation sites is 1. The molecule has 0 radical (unpaired) electrons. The maximum atomic E-state index is 12.9. The van der Waals surface area contributed by atoms with Crippen LogP contribution in [0.4, 0.5) is 10.5 Å². The van der Waals surface area contributed by atoms with Crippen molar-refractivity contribution >= 4 is 22.6 Å². The minimum atomic E-state index is -0.110. The Bertz CT molecular complexity index is 1280. The summed E-state index contributed by atoms with van der Waals surface area (Å²) in [6.45, 7) is 3.24. The van der Waals surface area contributed by atoms with Gasteiger partial charge < -0.3 is 19.5 Å². The molecule has 0 unspecified atom stereocenters. The standard InChI is InChI=1S/C25H25N5O2/c1-17-23(8-5-13-26-17)32-24-10-9-18(16-27-24)28-25(31)30-14-11-20-19-6-3-4-7-21(19)29(2)22(20)12-15-30/h3-10,13,16H,11-12,14-15H2,1-2H3,(H,28,31). The number of nitrogens with one attached hydrogen (secondary N) is 1. The maximum absolute atomic E-state index is 12.9. The molecule has 0 bridgehead atoms. The van der Waals surface area contributed by atoms with Crippen molar-refractivity contribution in [2.45, 2.75) is 19.8 Å². The average molecular weight is 428 g/mol. The van der Waals surface area contributed by atoms with E-state index in [1.54, 1.807) is 24.5 Å². The van der Waals surface area contributed by atoms with Crippen LogP contribution in [0.1, 0.15) is 17.0 Å². The van der Waals surface area contributed by atoms with Gasteiger partial charge in [0.15, 0.2) is 5.75 Å². The van der Waals surface area contributed by atoms with Gasteiger partial charge in [0.05, 0.1) is 17.6 Å². The summed E-state index contributed by atoms with van der Waals surface area (Å²) in [5, 5.41) is 4.25. The van der Waals surface area contributed by atoms with Gasteiger partial charge in [0.25, 0.3) is 0 Å². The van der Waals surface area contributed by atoms with Crippen LogP contribution in [0.2, 0.25) is 0 Å². The molecule has 32 heavy (non-hydrogen) atoms. The number of aromatic nitrogens is 3. The monoisotopic (exact) mass is 427 g/mol. The molecule has 4 aromatic rings. The Hall–Kier alpha value is -3.87. The number of fused-ring (bicyclic) bond motifs is 3. The van der Waals surface area contributed by atoms with Crippen LogP contribution in [-0.2, 0) is 19.9 Å². The SMILES string of the molecule is Cc1ncccc1Oc1ccc(NC(=O)N2CCc3c(n(C)c4ccccc34)CC2)cn1. The predicted molar refractivity (Wildman–Crippen MR) is 124 cm³/mol. The number of hydrogen-bond donors (Lipinski definition) is 1. The summed E-state index contributed by atoms with van der Waals surface area (Å²) in [5.41, 5.74) is 5.35. The first-order valence-corrected chi connectivity index (χ1v) is 10.8. The summed E-state index contributed by atoms with van der Waals surface area (Å²) >= 11 is 0. The van der Waals surface area contributed by atoms with Crippen molar-refractivity contribution in [3.05, 3.63) is 77.9 Å². The third-order valence-electron chi connectivity index (χ3n) is 6.04. The van der Waals surface area contributed by atoms with Gasteiger partial charge in [-0.3, -0.25) is 4.98 Å². The van der Waals surface area contributed by atoms with Crippen LogP contribution in [-0.4, -0.2) is 38.6 Å². The molecule has 1 N–H and O–H groups in total. The second kappa shape index (κ2) is 8.34. The van der Waals surface area contributed by atoms with E-state index in [0.717, 1.165) is 18.5 Å². The van der Waals surface area contributed by atoms with E-state index in [1.165, 1.54) is 22.2 Å². The van der Waals surface area contributed by atoms with E-state index < -0.39 is 0 Å². The minimum absolute atomic E-state index is 0.110. The second-order valence-electron chi connectivity index (χ2n) is 7.99. The zero-order valence-electron chi connectivity index (χ0n) is 18.2. The molecular formula is C25H25N5O2. The lowest BCUT2D eigenvalue weighted by atomic mass is 10.1. The van der Waals surface area contributed by atoms with Gasteiger partial charge in [-0.05, 0) is 43.2 Å². The van der Waals surface area contributed by atoms with Crippen LogP contribution in [0.3, 0.4) is 0 Å². The Morgan fingerprint density at radius 3 is 2.69 bits per heavy atom. The number of benzene rings is 1. The Kier molecular flexibility index (Phi) is 5.23. The number of aryl methyl sites for hydroxylation is 2. The summed E-state index contributed by atoms with van der Waals surface area (Å²) in [6, 6.07) is 15.6. The average Bonchev–Trinajstić information content (AvgIpc) is 2.95. The lowest BCUT2D eigenvalue weighted by Crippen LogP contribution is -2.37. The fourth-order valence-corrected chi connectivity index (χ4v) is 4.33. The van der Waals surface area contributed by atoms with Crippen molar-refractivity contribution in [2.24, 2.45) is 7.05 Å². The summed E-state index contributed by atoms with van der Waals surface area (Å²) in [6.07, 6.45) is 5.01. The Morgan fingerprint density at radius 1 is 1.03 bits per heavy atom. The second-order valence-corrected chi connectivity index (χ2v) is 7.99. The van der Waals surface area contributed by atoms with Crippen LogP contribution < -0.4 is 10.1 Å². The van der Waals surface area contributed by atoms with E-state index >= 15 is 0 Å². The van der Waals surface area contributed by atoms with Crippen molar-refractivity contribution in [3.8, 4) is 11.6 Å². The fourth-order valence-electron chi connectivity index (χ4n) is 4.33. The minimum Gasteiger partial charge on any atom is -0.437 e. The highest BCUT2D eigenvalue weighted by Gasteiger charge is 2.23. The molecule has 0 atom stereocenters. The number of carbonyl (C=O) groups excluding carboxylic acids is 1. The van der Waals surface area contributed by atoms with Crippen molar-refractivity contribution in [2.75, 3.05) is 18.4 Å². The Morgan fingerprint density at radius 2 is 1.88 bits per heavy atom. The highest BCUT2D eigenvalue weighted by molar-refractivity contribution is 5.90. The predicted octanol–water partition coefficient (Wildman–Crippen LogP) is 4.70. The van der Waals surface area contributed by atoms with Crippen molar-refractivity contribution in [3.63, 3.8) is 0 Å². The Labute approximate surface area is 186 Å². The van der Waals surface area contributed by atoms with E-state index in [0.29, 0.717) is 30.4 Å². The van der Waals surface area contributed by atoms with Gasteiger partial charge in [-0.15, -0.1) is 0 Å². The van der Waals surface area contributed by atoms with E-state index in [9.17, 15) is 4.79 Å². The van der Waals surface area contributed by atoms with Crippen LogP contribution in [0.25, 0.3) is 10.9 Å². The highest BCUT2D eigenvalue weighted by atomic mass is 16.5. The molecule has 4 heterocycles. The molecule has 1 aliphatic rings. The summed E-state index contributed by atoms with van der Waals surface area (Å²) in [5.74, 6) is 1.12. The zero-order chi connectivity index (χ0) is 22.1. The van der Waals surface area contributed by atoms with Crippen molar-refractivity contribution < 1.29 is 9.53 Å². The van der Waals surface area contributed by atoms with Gasteiger partial charge in [-0.25, -0.2) is 9.78 Å². The van der Waals surface area contributed by atoms with E-state index in [1.807, 2.05) is 24.0 Å². The molecule has 162 valence electrons. The van der Waals surface area contributed by atoms with Crippen LogP contribution in [0.15, 0.2) is 60.9 Å². The van der Waals surface area contributed by atoms with Gasteiger partial charge >= 0.3 is 6.03 Å². The molecule has 0 saturated carbocycles. The van der Waals surface area contributed by atoms with Crippen LogP contribution >= 0.6 is 0 Å². The molecule has 0 spiro atoms. The first-order valence-electron chi connectivity index (χ1n) is 10.8. The third-order valence-corrected chi connectivity index (χ3v) is 6.04. The van der Waals surface area contributed by atoms with E-state index in [4.69, 9.17) is 4.74 Å². The van der Waals surface area contributed by atoms with Crippen LogP contribution in [0, 0.1) is 6.92 Å². The lowest BCUT2D eigenvalue weighted by Gasteiger charge is -2.21. The zero-order valence-corrected chi connectivity index (χ0v) is 18.2. The first-order chi connectivity index (χ1) is 15.6. The highest BCUT2D eigenvalue weighted by Crippen LogP contribution is 2.28. The molecule has 3 aromatic heterocycles. The molecule has 1 aromatic carbocycles. The quantitative estimate of drug-likeness (QED) is 0.514. The molecule has 0 saturated heterocycles.